The summed E-state index contributed by atoms with van der Waals surface area (Å²) in [5, 5.41) is 0. The number of benzene rings is 1. The normalized spacial score (nSPS) is 11.7. The first kappa shape index (κ1) is 13.4. The van der Waals surface area contributed by atoms with E-state index in [1.54, 1.807) is 0 Å². The predicted molar refractivity (Wildman–Crippen MR) is 54.5 cm³/mol. The molecule has 0 fully saturated rings. The molecule has 1 aromatic heterocycles. The van der Waals surface area contributed by atoms with Gasteiger partial charge in [0.2, 0.25) is 5.95 Å². The van der Waals surface area contributed by atoms with Crippen molar-refractivity contribution in [2.45, 2.75) is 6.18 Å². The molecule has 0 aliphatic rings. The van der Waals surface area contributed by atoms with Gasteiger partial charge in [-0.25, -0.2) is 13.8 Å². The van der Waals surface area contributed by atoms with Gasteiger partial charge in [-0.3, -0.25) is 0 Å². The minimum absolute atomic E-state index is 0.433. The Labute approximate surface area is 103 Å². The molecule has 0 atom stereocenters. The number of pyridine rings is 1. The van der Waals surface area contributed by atoms with Gasteiger partial charge in [-0.1, -0.05) is 12.1 Å². The quantitative estimate of drug-likeness (QED) is 0.562. The summed E-state index contributed by atoms with van der Waals surface area (Å²) in [5.41, 5.74) is -2.41. The number of hydrogen-bond acceptors (Lipinski definition) is 1. The third-order valence-corrected chi connectivity index (χ3v) is 2.35. The second kappa shape index (κ2) is 4.56. The highest BCUT2D eigenvalue weighted by Crippen LogP contribution is 2.32. The van der Waals surface area contributed by atoms with Crippen LogP contribution in [0, 0.1) is 17.6 Å². The fourth-order valence-corrected chi connectivity index (χ4v) is 1.52. The number of alkyl halides is 3. The molecular formula is C12H5F6N. The van der Waals surface area contributed by atoms with Gasteiger partial charge in [0, 0.05) is 11.6 Å². The zero-order chi connectivity index (χ0) is 14.2. The lowest BCUT2D eigenvalue weighted by Gasteiger charge is -2.09. The van der Waals surface area contributed by atoms with E-state index in [9.17, 15) is 26.3 Å². The van der Waals surface area contributed by atoms with E-state index >= 15 is 0 Å². The maximum absolute atomic E-state index is 13.4. The molecule has 1 nitrogen and oxygen atoms in total. The lowest BCUT2D eigenvalue weighted by atomic mass is 10.0. The highest BCUT2D eigenvalue weighted by atomic mass is 19.4. The Bertz CT molecular complexity index is 620. The van der Waals surface area contributed by atoms with Gasteiger partial charge in [-0.2, -0.15) is 17.6 Å². The lowest BCUT2D eigenvalue weighted by Crippen LogP contribution is -2.09. The smallest absolute Gasteiger partial charge is 0.215 e. The molecule has 0 aliphatic carbocycles. The van der Waals surface area contributed by atoms with Crippen molar-refractivity contribution >= 4 is 0 Å². The first-order valence-electron chi connectivity index (χ1n) is 4.98. The van der Waals surface area contributed by atoms with Crippen molar-refractivity contribution in [1.82, 2.24) is 4.98 Å². The number of rotatable bonds is 1. The molecule has 7 heteroatoms. The zero-order valence-corrected chi connectivity index (χ0v) is 9.10. The van der Waals surface area contributed by atoms with Crippen molar-refractivity contribution in [3.63, 3.8) is 0 Å². The average Bonchev–Trinajstić information content (AvgIpc) is 2.31. The Kier molecular flexibility index (Phi) is 3.21. The van der Waals surface area contributed by atoms with Crippen LogP contribution < -0.4 is 0 Å². The van der Waals surface area contributed by atoms with Gasteiger partial charge in [0.1, 0.15) is 5.69 Å². The molecule has 0 amide bonds. The second-order valence-corrected chi connectivity index (χ2v) is 3.66. The molecule has 0 radical (unpaired) electrons. The molecule has 2 aromatic rings. The molecule has 0 N–H and O–H groups in total. The summed E-state index contributed by atoms with van der Waals surface area (Å²) in [5.74, 6) is -4.00. The van der Waals surface area contributed by atoms with Crippen LogP contribution in [0.15, 0.2) is 30.3 Å². The summed E-state index contributed by atoms with van der Waals surface area (Å²) in [6.45, 7) is 0. The fourth-order valence-electron chi connectivity index (χ4n) is 1.52. The van der Waals surface area contributed by atoms with Crippen LogP contribution in [0.2, 0.25) is 0 Å². The third kappa shape index (κ3) is 2.69. The zero-order valence-electron chi connectivity index (χ0n) is 9.10. The van der Waals surface area contributed by atoms with Crippen molar-refractivity contribution in [2.75, 3.05) is 0 Å². The minimum atomic E-state index is -4.87. The molecule has 1 aromatic carbocycles. The number of halogens is 6. The van der Waals surface area contributed by atoms with Crippen LogP contribution in [0.25, 0.3) is 11.1 Å². The molecule has 19 heavy (non-hydrogen) atoms. The third-order valence-electron chi connectivity index (χ3n) is 2.35. The van der Waals surface area contributed by atoms with Gasteiger partial charge < -0.3 is 0 Å². The summed E-state index contributed by atoms with van der Waals surface area (Å²) in [6.07, 6.45) is -4.87. The maximum atomic E-state index is 13.4. The van der Waals surface area contributed by atoms with E-state index in [4.69, 9.17) is 0 Å². The molecule has 0 saturated carbocycles. The maximum Gasteiger partial charge on any atom is 0.433 e. The first-order chi connectivity index (χ1) is 8.79. The summed E-state index contributed by atoms with van der Waals surface area (Å²) < 4.78 is 76.8. The summed E-state index contributed by atoms with van der Waals surface area (Å²) in [7, 11) is 0. The van der Waals surface area contributed by atoms with Crippen molar-refractivity contribution in [3.8, 4) is 11.1 Å². The van der Waals surface area contributed by atoms with E-state index in [0.29, 0.717) is 12.1 Å². The summed E-state index contributed by atoms with van der Waals surface area (Å²) in [6, 6.07) is 4.03. The van der Waals surface area contributed by atoms with Crippen LogP contribution in [-0.2, 0) is 6.18 Å². The number of aromatic nitrogens is 1. The number of hydrogen-bond donors (Lipinski definition) is 0. The van der Waals surface area contributed by atoms with Crippen molar-refractivity contribution in [1.29, 1.82) is 0 Å². The Morgan fingerprint density at radius 3 is 2.26 bits per heavy atom. The largest absolute Gasteiger partial charge is 0.433 e. The van der Waals surface area contributed by atoms with Crippen molar-refractivity contribution in [3.05, 3.63) is 53.6 Å². The van der Waals surface area contributed by atoms with Crippen LogP contribution in [-0.4, -0.2) is 4.98 Å². The van der Waals surface area contributed by atoms with Gasteiger partial charge in [-0.15, -0.1) is 0 Å². The molecule has 0 spiro atoms. The average molecular weight is 277 g/mol. The van der Waals surface area contributed by atoms with Gasteiger partial charge in [0.25, 0.3) is 0 Å². The number of nitrogens with zero attached hydrogens (tertiary/aromatic N) is 1. The molecule has 0 saturated heterocycles. The Morgan fingerprint density at radius 1 is 0.947 bits per heavy atom. The van der Waals surface area contributed by atoms with Crippen LogP contribution in [0.4, 0.5) is 26.3 Å². The van der Waals surface area contributed by atoms with E-state index in [2.05, 4.69) is 4.98 Å². The molecule has 2 rings (SSSR count). The van der Waals surface area contributed by atoms with Gasteiger partial charge in [-0.05, 0) is 17.7 Å². The van der Waals surface area contributed by atoms with Crippen LogP contribution >= 0.6 is 0 Å². The van der Waals surface area contributed by atoms with E-state index < -0.39 is 40.6 Å². The Balaban J connectivity index is 2.63. The van der Waals surface area contributed by atoms with Gasteiger partial charge in [0.15, 0.2) is 11.6 Å². The highest BCUT2D eigenvalue weighted by molar-refractivity contribution is 5.64. The van der Waals surface area contributed by atoms with Crippen LogP contribution in [0.1, 0.15) is 5.69 Å². The molecule has 0 bridgehead atoms. The van der Waals surface area contributed by atoms with Gasteiger partial charge in [0.05, 0.1) is 0 Å². The molecule has 0 unspecified atom stereocenters. The highest BCUT2D eigenvalue weighted by Gasteiger charge is 2.33. The van der Waals surface area contributed by atoms with Crippen LogP contribution in [0.5, 0.6) is 0 Å². The monoisotopic (exact) mass is 277 g/mol. The van der Waals surface area contributed by atoms with E-state index in [0.717, 1.165) is 18.2 Å². The summed E-state index contributed by atoms with van der Waals surface area (Å²) >= 11 is 0. The fraction of sp³-hybridized carbons (Fsp3) is 0.0833. The predicted octanol–water partition coefficient (Wildman–Crippen LogP) is 4.18. The molecule has 1 heterocycles. The molecular weight excluding hydrogens is 272 g/mol. The Hall–Kier alpha value is -2.05. The topological polar surface area (TPSA) is 12.9 Å². The van der Waals surface area contributed by atoms with E-state index in [1.807, 2.05) is 0 Å². The standard InChI is InChI=1S/C12H5F6N/c13-8-3-1-2-7(11(8)15)6-4-9(12(16,17)18)19-10(14)5-6/h1-5H. The molecule has 0 aliphatic heterocycles. The van der Waals surface area contributed by atoms with Crippen LogP contribution in [0.3, 0.4) is 0 Å². The first-order valence-corrected chi connectivity index (χ1v) is 4.98. The SMILES string of the molecule is Fc1cc(-c2cccc(F)c2F)cc(C(F)(F)F)n1. The van der Waals surface area contributed by atoms with Crippen molar-refractivity contribution < 1.29 is 26.3 Å². The lowest BCUT2D eigenvalue weighted by molar-refractivity contribution is -0.141. The second-order valence-electron chi connectivity index (χ2n) is 3.66. The summed E-state index contributed by atoms with van der Waals surface area (Å²) in [4.78, 5) is 2.67. The van der Waals surface area contributed by atoms with E-state index in [-0.39, 0.29) is 0 Å². The van der Waals surface area contributed by atoms with Crippen molar-refractivity contribution in [2.24, 2.45) is 0 Å². The molecule has 100 valence electrons. The van der Waals surface area contributed by atoms with E-state index in [1.165, 1.54) is 0 Å². The Morgan fingerprint density at radius 2 is 1.63 bits per heavy atom. The minimum Gasteiger partial charge on any atom is -0.215 e. The van der Waals surface area contributed by atoms with Gasteiger partial charge >= 0.3 is 6.18 Å².